The number of para-hydroxylation sites is 1. The van der Waals surface area contributed by atoms with Crippen molar-refractivity contribution in [2.24, 2.45) is 0 Å². The van der Waals surface area contributed by atoms with Crippen molar-refractivity contribution in [2.75, 3.05) is 5.73 Å². The molecule has 0 aliphatic rings. The number of fused-ring (bicyclic) bond motifs is 1. The lowest BCUT2D eigenvalue weighted by atomic mass is 10.0. The highest BCUT2D eigenvalue weighted by Crippen LogP contribution is 2.26. The number of anilines is 1. The summed E-state index contributed by atoms with van der Waals surface area (Å²) >= 11 is 12.1. The van der Waals surface area contributed by atoms with E-state index in [0.29, 0.717) is 22.3 Å². The second kappa shape index (κ2) is 5.31. The van der Waals surface area contributed by atoms with Crippen molar-refractivity contribution in [1.82, 2.24) is 4.98 Å². The van der Waals surface area contributed by atoms with Gasteiger partial charge < -0.3 is 5.73 Å². The van der Waals surface area contributed by atoms with E-state index in [1.165, 1.54) is 0 Å². The molecule has 2 nitrogen and oxygen atoms in total. The molecule has 0 aliphatic heterocycles. The summed E-state index contributed by atoms with van der Waals surface area (Å²) in [7, 11) is 0. The van der Waals surface area contributed by atoms with Crippen molar-refractivity contribution in [1.29, 1.82) is 0 Å². The lowest BCUT2D eigenvalue weighted by Crippen LogP contribution is -2.00. The van der Waals surface area contributed by atoms with Crippen LogP contribution < -0.4 is 5.73 Å². The predicted octanol–water partition coefficient (Wildman–Crippen LogP) is 4.71. The van der Waals surface area contributed by atoms with Crippen molar-refractivity contribution in [3.8, 4) is 0 Å². The van der Waals surface area contributed by atoms with Gasteiger partial charge >= 0.3 is 0 Å². The largest absolute Gasteiger partial charge is 0.383 e. The molecular weight excluding hydrogens is 291 g/mol. The Morgan fingerprint density at radius 2 is 1.75 bits per heavy atom. The minimum Gasteiger partial charge on any atom is -0.383 e. The van der Waals surface area contributed by atoms with Gasteiger partial charge in [0.2, 0.25) is 0 Å². The van der Waals surface area contributed by atoms with Gasteiger partial charge in [0, 0.05) is 21.9 Å². The zero-order valence-corrected chi connectivity index (χ0v) is 12.1. The minimum absolute atomic E-state index is 0.537. The molecule has 0 aliphatic carbocycles. The number of benzene rings is 2. The molecule has 0 spiro atoms. The summed E-state index contributed by atoms with van der Waals surface area (Å²) in [5.41, 5.74) is 8.88. The fourth-order valence-electron chi connectivity index (χ4n) is 2.19. The van der Waals surface area contributed by atoms with Gasteiger partial charge in [0.15, 0.2) is 0 Å². The van der Waals surface area contributed by atoms with Crippen molar-refractivity contribution >= 4 is 39.9 Å². The van der Waals surface area contributed by atoms with Gasteiger partial charge in [-0.05, 0) is 35.4 Å². The highest BCUT2D eigenvalue weighted by atomic mass is 35.5. The molecule has 0 bridgehead atoms. The standard InChI is InChI=1S/C16H12Cl2N2/c17-13-6-5-10(14(18)9-13)7-12-8-11-3-1-2-4-15(11)20-16(12)19/h1-6,8-9H,7H2,(H2,19,20). The maximum absolute atomic E-state index is 6.20. The first-order valence-corrected chi connectivity index (χ1v) is 6.97. The summed E-state index contributed by atoms with van der Waals surface area (Å²) in [6, 6.07) is 15.4. The number of nitrogens with two attached hydrogens (primary N) is 1. The average Bonchev–Trinajstić information content (AvgIpc) is 2.42. The van der Waals surface area contributed by atoms with Gasteiger partial charge in [0.05, 0.1) is 5.52 Å². The van der Waals surface area contributed by atoms with Crippen LogP contribution in [0, 0.1) is 0 Å². The first kappa shape index (κ1) is 13.2. The Morgan fingerprint density at radius 1 is 0.950 bits per heavy atom. The van der Waals surface area contributed by atoms with Gasteiger partial charge in [-0.25, -0.2) is 4.98 Å². The number of hydrogen-bond acceptors (Lipinski definition) is 2. The van der Waals surface area contributed by atoms with E-state index in [4.69, 9.17) is 28.9 Å². The Morgan fingerprint density at radius 3 is 2.55 bits per heavy atom. The monoisotopic (exact) mass is 302 g/mol. The minimum atomic E-state index is 0.537. The third-order valence-corrected chi connectivity index (χ3v) is 3.82. The van der Waals surface area contributed by atoms with Crippen LogP contribution in [-0.4, -0.2) is 4.98 Å². The van der Waals surface area contributed by atoms with Crippen LogP contribution >= 0.6 is 23.2 Å². The predicted molar refractivity (Wildman–Crippen MR) is 85.4 cm³/mol. The van der Waals surface area contributed by atoms with E-state index in [9.17, 15) is 0 Å². The maximum Gasteiger partial charge on any atom is 0.127 e. The second-order valence-corrected chi connectivity index (χ2v) is 5.48. The topological polar surface area (TPSA) is 38.9 Å². The summed E-state index contributed by atoms with van der Waals surface area (Å²) in [4.78, 5) is 4.43. The van der Waals surface area contributed by atoms with Gasteiger partial charge in [-0.15, -0.1) is 0 Å². The third kappa shape index (κ3) is 2.58. The molecule has 3 rings (SSSR count). The van der Waals surface area contributed by atoms with E-state index in [0.717, 1.165) is 22.0 Å². The van der Waals surface area contributed by atoms with Gasteiger partial charge in [-0.3, -0.25) is 0 Å². The molecule has 0 unspecified atom stereocenters. The molecule has 1 aromatic heterocycles. The highest BCUT2D eigenvalue weighted by molar-refractivity contribution is 6.35. The van der Waals surface area contributed by atoms with E-state index in [2.05, 4.69) is 11.1 Å². The molecule has 3 aromatic rings. The Labute approximate surface area is 127 Å². The van der Waals surface area contributed by atoms with Crippen LogP contribution in [-0.2, 0) is 6.42 Å². The van der Waals surface area contributed by atoms with E-state index < -0.39 is 0 Å². The molecular formula is C16H12Cl2N2. The number of halogens is 2. The van der Waals surface area contributed by atoms with Crippen LogP contribution in [0.1, 0.15) is 11.1 Å². The molecule has 0 saturated carbocycles. The molecule has 100 valence electrons. The molecule has 0 fully saturated rings. The van der Waals surface area contributed by atoms with E-state index >= 15 is 0 Å². The van der Waals surface area contributed by atoms with Crippen LogP contribution in [0.2, 0.25) is 10.0 Å². The maximum atomic E-state index is 6.20. The van der Waals surface area contributed by atoms with Crippen LogP contribution in [0.25, 0.3) is 10.9 Å². The summed E-state index contributed by atoms with van der Waals surface area (Å²) in [5.74, 6) is 0.537. The Hall–Kier alpha value is -1.77. The first-order valence-electron chi connectivity index (χ1n) is 6.21. The Kier molecular flexibility index (Phi) is 3.51. The molecule has 2 aromatic carbocycles. The molecule has 20 heavy (non-hydrogen) atoms. The third-order valence-electron chi connectivity index (χ3n) is 3.23. The highest BCUT2D eigenvalue weighted by Gasteiger charge is 2.08. The zero-order chi connectivity index (χ0) is 14.1. The normalized spacial score (nSPS) is 10.9. The molecule has 0 amide bonds. The lowest BCUT2D eigenvalue weighted by Gasteiger charge is -2.09. The van der Waals surface area contributed by atoms with Crippen molar-refractivity contribution < 1.29 is 0 Å². The SMILES string of the molecule is Nc1nc2ccccc2cc1Cc1ccc(Cl)cc1Cl. The first-order chi connectivity index (χ1) is 9.63. The summed E-state index contributed by atoms with van der Waals surface area (Å²) in [5, 5.41) is 2.34. The molecule has 0 atom stereocenters. The fraction of sp³-hybridized carbons (Fsp3) is 0.0625. The zero-order valence-electron chi connectivity index (χ0n) is 10.6. The summed E-state index contributed by atoms with van der Waals surface area (Å²) in [6.07, 6.45) is 0.639. The van der Waals surface area contributed by atoms with Gasteiger partial charge in [-0.2, -0.15) is 0 Å². The summed E-state index contributed by atoms with van der Waals surface area (Å²) < 4.78 is 0. The number of rotatable bonds is 2. The number of nitrogen functional groups attached to an aromatic ring is 1. The van der Waals surface area contributed by atoms with E-state index in [-0.39, 0.29) is 0 Å². The van der Waals surface area contributed by atoms with Gasteiger partial charge in [-0.1, -0.05) is 47.5 Å². The quantitative estimate of drug-likeness (QED) is 0.744. The Bertz CT molecular complexity index is 785. The summed E-state index contributed by atoms with van der Waals surface area (Å²) in [6.45, 7) is 0. The Balaban J connectivity index is 2.03. The number of aromatic nitrogens is 1. The number of nitrogens with zero attached hydrogens (tertiary/aromatic N) is 1. The van der Waals surface area contributed by atoms with Gasteiger partial charge in [0.1, 0.15) is 5.82 Å². The lowest BCUT2D eigenvalue weighted by molar-refractivity contribution is 1.17. The van der Waals surface area contributed by atoms with Crippen molar-refractivity contribution in [3.63, 3.8) is 0 Å². The molecule has 0 radical (unpaired) electrons. The molecule has 1 heterocycles. The van der Waals surface area contributed by atoms with Crippen LogP contribution in [0.5, 0.6) is 0 Å². The number of hydrogen-bond donors (Lipinski definition) is 1. The second-order valence-electron chi connectivity index (χ2n) is 4.64. The average molecular weight is 303 g/mol. The fourth-order valence-corrected chi connectivity index (χ4v) is 2.66. The van der Waals surface area contributed by atoms with Crippen molar-refractivity contribution in [3.05, 3.63) is 69.7 Å². The van der Waals surface area contributed by atoms with E-state index in [1.807, 2.05) is 36.4 Å². The van der Waals surface area contributed by atoms with Crippen LogP contribution in [0.4, 0.5) is 5.82 Å². The van der Waals surface area contributed by atoms with Crippen LogP contribution in [0.3, 0.4) is 0 Å². The van der Waals surface area contributed by atoms with Crippen molar-refractivity contribution in [2.45, 2.75) is 6.42 Å². The number of pyridine rings is 1. The smallest absolute Gasteiger partial charge is 0.127 e. The molecule has 0 saturated heterocycles. The molecule has 2 N–H and O–H groups in total. The van der Waals surface area contributed by atoms with E-state index in [1.54, 1.807) is 6.07 Å². The molecule has 4 heteroatoms. The van der Waals surface area contributed by atoms with Gasteiger partial charge in [0.25, 0.3) is 0 Å². The van der Waals surface area contributed by atoms with Crippen LogP contribution in [0.15, 0.2) is 48.5 Å².